The van der Waals surface area contributed by atoms with Gasteiger partial charge in [0.15, 0.2) is 0 Å². The molecular formula is C19H22F3N3O4. The molecule has 0 atom stereocenters. The van der Waals surface area contributed by atoms with Crippen molar-refractivity contribution < 1.29 is 32.3 Å². The van der Waals surface area contributed by atoms with Gasteiger partial charge in [0, 0.05) is 13.2 Å². The zero-order valence-corrected chi connectivity index (χ0v) is 15.5. The van der Waals surface area contributed by atoms with Crippen molar-refractivity contribution in [2.24, 2.45) is 0 Å². The number of alkyl halides is 3. The molecule has 158 valence electrons. The van der Waals surface area contributed by atoms with E-state index in [1.165, 1.54) is 18.4 Å². The second-order valence-corrected chi connectivity index (χ2v) is 6.26. The SMILES string of the molecule is O=C(CN(CCCO)CC(F)(F)F)Nc1ccccc1C(=O)NCc1ccco1. The van der Waals surface area contributed by atoms with Crippen molar-refractivity contribution in [3.05, 3.63) is 54.0 Å². The van der Waals surface area contributed by atoms with Gasteiger partial charge in [0.2, 0.25) is 5.91 Å². The molecule has 0 aliphatic rings. The highest BCUT2D eigenvalue weighted by Gasteiger charge is 2.31. The number of aliphatic hydroxyl groups excluding tert-OH is 1. The molecule has 1 aromatic carbocycles. The summed E-state index contributed by atoms with van der Waals surface area (Å²) < 4.78 is 43.2. The van der Waals surface area contributed by atoms with Gasteiger partial charge in [0.1, 0.15) is 5.76 Å². The molecule has 1 aromatic heterocycles. The summed E-state index contributed by atoms with van der Waals surface area (Å²) >= 11 is 0. The molecule has 0 unspecified atom stereocenters. The molecule has 1 heterocycles. The maximum atomic E-state index is 12.7. The molecule has 0 saturated heterocycles. The first-order valence-corrected chi connectivity index (χ1v) is 8.88. The second kappa shape index (κ2) is 10.6. The van der Waals surface area contributed by atoms with Crippen molar-refractivity contribution in [3.8, 4) is 0 Å². The van der Waals surface area contributed by atoms with E-state index in [2.05, 4.69) is 10.6 Å². The first-order chi connectivity index (χ1) is 13.8. The molecule has 0 radical (unpaired) electrons. The van der Waals surface area contributed by atoms with Crippen LogP contribution in [0.5, 0.6) is 0 Å². The fraction of sp³-hybridized carbons (Fsp3) is 0.368. The fourth-order valence-corrected chi connectivity index (χ4v) is 2.62. The Balaban J connectivity index is 2.00. The van der Waals surface area contributed by atoms with E-state index in [0.717, 1.165) is 4.90 Å². The van der Waals surface area contributed by atoms with E-state index in [9.17, 15) is 22.8 Å². The van der Waals surface area contributed by atoms with Gasteiger partial charge in [-0.05, 0) is 30.7 Å². The Labute approximate surface area is 165 Å². The summed E-state index contributed by atoms with van der Waals surface area (Å²) in [5, 5.41) is 14.0. The number of furan rings is 1. The molecule has 0 spiro atoms. The van der Waals surface area contributed by atoms with Gasteiger partial charge in [-0.3, -0.25) is 14.5 Å². The number of nitrogens with one attached hydrogen (secondary N) is 2. The van der Waals surface area contributed by atoms with Crippen LogP contribution in [-0.4, -0.2) is 54.2 Å². The van der Waals surface area contributed by atoms with Crippen LogP contribution >= 0.6 is 0 Å². The molecule has 0 aliphatic carbocycles. The summed E-state index contributed by atoms with van der Waals surface area (Å²) in [6, 6.07) is 9.55. The maximum absolute atomic E-state index is 12.7. The molecular weight excluding hydrogens is 391 g/mol. The van der Waals surface area contributed by atoms with Crippen LogP contribution in [-0.2, 0) is 11.3 Å². The largest absolute Gasteiger partial charge is 0.467 e. The van der Waals surface area contributed by atoms with Crippen molar-refractivity contribution in [1.82, 2.24) is 10.2 Å². The normalized spacial score (nSPS) is 11.5. The maximum Gasteiger partial charge on any atom is 0.401 e. The molecule has 2 amide bonds. The minimum atomic E-state index is -4.47. The van der Waals surface area contributed by atoms with Crippen molar-refractivity contribution in [2.45, 2.75) is 19.1 Å². The Morgan fingerprint density at radius 1 is 1.14 bits per heavy atom. The number of halogens is 3. The van der Waals surface area contributed by atoms with Crippen LogP contribution in [0, 0.1) is 0 Å². The van der Waals surface area contributed by atoms with Gasteiger partial charge in [0.05, 0.1) is 37.1 Å². The highest BCUT2D eigenvalue weighted by atomic mass is 19.4. The van der Waals surface area contributed by atoms with Crippen molar-refractivity contribution in [2.75, 3.05) is 31.6 Å². The summed E-state index contributed by atoms with van der Waals surface area (Å²) in [5.41, 5.74) is 0.355. The molecule has 3 N–H and O–H groups in total. The first kappa shape index (κ1) is 22.4. The third kappa shape index (κ3) is 7.96. The average Bonchev–Trinajstić information content (AvgIpc) is 3.17. The van der Waals surface area contributed by atoms with Gasteiger partial charge in [0.25, 0.3) is 5.91 Å². The van der Waals surface area contributed by atoms with E-state index in [1.54, 1.807) is 24.3 Å². The van der Waals surface area contributed by atoms with Gasteiger partial charge in [-0.25, -0.2) is 0 Å². The number of carbonyl (C=O) groups excluding carboxylic acids is 2. The molecule has 2 rings (SSSR count). The van der Waals surface area contributed by atoms with Crippen LogP contribution in [0.2, 0.25) is 0 Å². The van der Waals surface area contributed by atoms with Crippen LogP contribution in [0.1, 0.15) is 22.5 Å². The molecule has 0 aliphatic heterocycles. The van der Waals surface area contributed by atoms with Gasteiger partial charge < -0.3 is 20.2 Å². The Morgan fingerprint density at radius 3 is 2.55 bits per heavy atom. The lowest BCUT2D eigenvalue weighted by atomic mass is 10.1. The average molecular weight is 413 g/mol. The van der Waals surface area contributed by atoms with E-state index >= 15 is 0 Å². The van der Waals surface area contributed by atoms with E-state index in [-0.39, 0.29) is 37.4 Å². The van der Waals surface area contributed by atoms with Gasteiger partial charge in [-0.2, -0.15) is 13.2 Å². The third-order valence-corrected chi connectivity index (χ3v) is 3.85. The second-order valence-electron chi connectivity index (χ2n) is 6.26. The zero-order valence-electron chi connectivity index (χ0n) is 15.5. The number of hydrogen-bond donors (Lipinski definition) is 3. The van der Waals surface area contributed by atoms with Crippen molar-refractivity contribution in [3.63, 3.8) is 0 Å². The van der Waals surface area contributed by atoms with E-state index in [1.807, 2.05) is 0 Å². The monoisotopic (exact) mass is 413 g/mol. The molecule has 7 nitrogen and oxygen atoms in total. The van der Waals surface area contributed by atoms with E-state index in [4.69, 9.17) is 9.52 Å². The zero-order chi connectivity index (χ0) is 21.3. The number of rotatable bonds is 10. The van der Waals surface area contributed by atoms with Gasteiger partial charge in [-0.15, -0.1) is 0 Å². The molecule has 29 heavy (non-hydrogen) atoms. The topological polar surface area (TPSA) is 94.8 Å². The molecule has 0 fully saturated rings. The number of nitrogens with zero attached hydrogens (tertiary/aromatic N) is 1. The molecule has 2 aromatic rings. The van der Waals surface area contributed by atoms with Crippen molar-refractivity contribution in [1.29, 1.82) is 0 Å². The van der Waals surface area contributed by atoms with Crippen LogP contribution in [0.15, 0.2) is 47.1 Å². The number of benzene rings is 1. The Bertz CT molecular complexity index is 794. The number of hydrogen-bond acceptors (Lipinski definition) is 5. The minimum Gasteiger partial charge on any atom is -0.467 e. The highest BCUT2D eigenvalue weighted by Crippen LogP contribution is 2.18. The fourth-order valence-electron chi connectivity index (χ4n) is 2.62. The van der Waals surface area contributed by atoms with Gasteiger partial charge >= 0.3 is 6.18 Å². The first-order valence-electron chi connectivity index (χ1n) is 8.88. The lowest BCUT2D eigenvalue weighted by molar-refractivity contribution is -0.148. The Kier molecular flexibility index (Phi) is 8.22. The lowest BCUT2D eigenvalue weighted by Crippen LogP contribution is -2.40. The molecule has 10 heteroatoms. The summed E-state index contributed by atoms with van der Waals surface area (Å²) in [4.78, 5) is 25.6. The van der Waals surface area contributed by atoms with Crippen LogP contribution < -0.4 is 10.6 Å². The van der Waals surface area contributed by atoms with Crippen molar-refractivity contribution >= 4 is 17.5 Å². The smallest absolute Gasteiger partial charge is 0.401 e. The quantitative estimate of drug-likeness (QED) is 0.556. The summed E-state index contributed by atoms with van der Waals surface area (Å²) in [5.74, 6) is -0.616. The van der Waals surface area contributed by atoms with E-state index < -0.39 is 31.1 Å². The van der Waals surface area contributed by atoms with Crippen LogP contribution in [0.25, 0.3) is 0 Å². The lowest BCUT2D eigenvalue weighted by Gasteiger charge is -2.23. The highest BCUT2D eigenvalue weighted by molar-refractivity contribution is 6.04. The summed E-state index contributed by atoms with van der Waals surface area (Å²) in [7, 11) is 0. The predicted molar refractivity (Wildman–Crippen MR) is 99.1 cm³/mol. The summed E-state index contributed by atoms with van der Waals surface area (Å²) in [6.45, 7) is -2.02. The van der Waals surface area contributed by atoms with Crippen LogP contribution in [0.3, 0.4) is 0 Å². The minimum absolute atomic E-state index is 0.0886. The Morgan fingerprint density at radius 2 is 1.90 bits per heavy atom. The third-order valence-electron chi connectivity index (χ3n) is 3.85. The molecule has 0 saturated carbocycles. The number of anilines is 1. The standard InChI is InChI=1S/C19H22F3N3O4/c20-19(21,22)13-25(8-4-9-26)12-17(27)24-16-7-2-1-6-15(16)18(28)23-11-14-5-3-10-29-14/h1-3,5-7,10,26H,4,8-9,11-13H2,(H,23,28)(H,24,27). The number of aliphatic hydroxyl groups is 1. The van der Waals surface area contributed by atoms with Crippen LogP contribution in [0.4, 0.5) is 18.9 Å². The number of para-hydroxylation sites is 1. The Hall–Kier alpha value is -2.85. The predicted octanol–water partition coefficient (Wildman–Crippen LogP) is 2.39. The van der Waals surface area contributed by atoms with E-state index in [0.29, 0.717) is 5.76 Å². The van der Waals surface area contributed by atoms with Gasteiger partial charge in [-0.1, -0.05) is 12.1 Å². The molecule has 0 bridgehead atoms. The summed E-state index contributed by atoms with van der Waals surface area (Å²) in [6.07, 6.45) is -2.90. The number of carbonyl (C=O) groups is 2. The number of amides is 2.